The van der Waals surface area contributed by atoms with E-state index in [2.05, 4.69) is 32.1 Å². The second-order valence-corrected chi connectivity index (χ2v) is 5.52. The van der Waals surface area contributed by atoms with E-state index in [0.29, 0.717) is 0 Å². The summed E-state index contributed by atoms with van der Waals surface area (Å²) in [6.07, 6.45) is 13.3. The van der Waals surface area contributed by atoms with E-state index in [-0.39, 0.29) is 0 Å². The molecule has 3 heteroatoms. The van der Waals surface area contributed by atoms with Crippen LogP contribution in [0.25, 0.3) is 6.08 Å². The van der Waals surface area contributed by atoms with Crippen molar-refractivity contribution in [3.8, 4) is 0 Å². The molecule has 0 bridgehead atoms. The van der Waals surface area contributed by atoms with Crippen molar-refractivity contribution in [3.63, 3.8) is 0 Å². The second-order valence-electron chi connectivity index (χ2n) is 5.52. The van der Waals surface area contributed by atoms with Gasteiger partial charge in [0.25, 0.3) is 0 Å². The topological polar surface area (TPSA) is 56.2 Å². The molecule has 1 heterocycles. The van der Waals surface area contributed by atoms with Crippen LogP contribution in [-0.2, 0) is 4.79 Å². The number of aryl methyl sites for hydroxylation is 2. The number of furan rings is 1. The van der Waals surface area contributed by atoms with Crippen LogP contribution in [0.4, 0.5) is 0 Å². The maximum atomic E-state index is 10.9. The lowest BCUT2D eigenvalue weighted by molar-refractivity contribution is -0.113. The molecule has 124 valence electrons. The number of nitrogens with two attached hydrogens (primary N) is 1. The van der Waals surface area contributed by atoms with Crippen molar-refractivity contribution in [3.05, 3.63) is 64.2 Å². The van der Waals surface area contributed by atoms with E-state index in [1.165, 1.54) is 17.2 Å². The molecule has 1 aromatic heterocycles. The Morgan fingerprint density at radius 2 is 1.70 bits per heavy atom. The number of allylic oxidation sites excluding steroid dienone is 6. The predicted molar refractivity (Wildman–Crippen MR) is 97.0 cm³/mol. The first-order chi connectivity index (χ1) is 10.9. The summed E-state index contributed by atoms with van der Waals surface area (Å²) in [6, 6.07) is 0. The van der Waals surface area contributed by atoms with Gasteiger partial charge in [-0.15, -0.1) is 0 Å². The molecule has 0 saturated heterocycles. The van der Waals surface area contributed by atoms with Crippen LogP contribution in [0.15, 0.2) is 45.9 Å². The lowest BCUT2D eigenvalue weighted by Crippen LogP contribution is -2.06. The summed E-state index contributed by atoms with van der Waals surface area (Å²) >= 11 is 0. The number of carbonyl (C=O) groups is 1. The van der Waals surface area contributed by atoms with Gasteiger partial charge in [-0.3, -0.25) is 4.79 Å². The fourth-order valence-corrected chi connectivity index (χ4v) is 2.28. The summed E-state index contributed by atoms with van der Waals surface area (Å²) in [4.78, 5) is 10.9. The molecule has 0 aliphatic heterocycles. The van der Waals surface area contributed by atoms with Crippen LogP contribution in [0, 0.1) is 20.8 Å². The van der Waals surface area contributed by atoms with Gasteiger partial charge in [0.1, 0.15) is 11.5 Å². The third-order valence-electron chi connectivity index (χ3n) is 3.85. The molecule has 1 rings (SSSR count). The minimum atomic E-state index is -0.410. The van der Waals surface area contributed by atoms with E-state index in [4.69, 9.17) is 10.2 Å². The van der Waals surface area contributed by atoms with Crippen LogP contribution in [0.1, 0.15) is 49.3 Å². The highest BCUT2D eigenvalue weighted by Gasteiger charge is 2.07. The van der Waals surface area contributed by atoms with E-state index >= 15 is 0 Å². The molecule has 0 saturated carbocycles. The molecule has 0 aliphatic carbocycles. The summed E-state index contributed by atoms with van der Waals surface area (Å²) in [5.41, 5.74) is 9.64. The standard InChI is InChI=1S/C20H27NO2/c1-6-17(9-8-10-18(7-2)13-20(21)22)11-12-19-14(3)15(4)23-16(19)5/h8-13H,6-7H2,1-5H3,(H2,21,22)/b10-8+,12-11+,17-9+,18-13+. The summed E-state index contributed by atoms with van der Waals surface area (Å²) in [7, 11) is 0. The molecule has 0 atom stereocenters. The Morgan fingerprint density at radius 3 is 2.17 bits per heavy atom. The average Bonchev–Trinajstić information content (AvgIpc) is 2.74. The fraction of sp³-hybridized carbons (Fsp3) is 0.350. The molecular formula is C20H27NO2. The highest BCUT2D eigenvalue weighted by Crippen LogP contribution is 2.22. The van der Waals surface area contributed by atoms with E-state index in [1.807, 2.05) is 32.9 Å². The quantitative estimate of drug-likeness (QED) is 0.573. The third kappa shape index (κ3) is 5.78. The van der Waals surface area contributed by atoms with E-state index in [0.717, 1.165) is 35.5 Å². The number of amides is 1. The second kappa shape index (κ2) is 8.99. The Hall–Kier alpha value is -2.29. The molecule has 0 aromatic carbocycles. The van der Waals surface area contributed by atoms with Crippen LogP contribution in [0.3, 0.4) is 0 Å². The first-order valence-corrected chi connectivity index (χ1v) is 8.00. The van der Waals surface area contributed by atoms with Gasteiger partial charge in [0.05, 0.1) is 0 Å². The number of carbonyl (C=O) groups excluding carboxylic acids is 1. The van der Waals surface area contributed by atoms with Crippen LogP contribution in [0.2, 0.25) is 0 Å². The van der Waals surface area contributed by atoms with Crippen molar-refractivity contribution in [2.45, 2.75) is 47.5 Å². The molecule has 1 amide bonds. The zero-order chi connectivity index (χ0) is 17.4. The van der Waals surface area contributed by atoms with Gasteiger partial charge in [-0.2, -0.15) is 0 Å². The molecule has 2 N–H and O–H groups in total. The summed E-state index contributed by atoms with van der Waals surface area (Å²) < 4.78 is 5.64. The third-order valence-corrected chi connectivity index (χ3v) is 3.85. The summed E-state index contributed by atoms with van der Waals surface area (Å²) in [5.74, 6) is 1.50. The number of rotatable bonds is 7. The van der Waals surface area contributed by atoms with E-state index in [9.17, 15) is 4.79 Å². The molecule has 3 nitrogen and oxygen atoms in total. The van der Waals surface area contributed by atoms with Crippen LogP contribution in [0.5, 0.6) is 0 Å². The van der Waals surface area contributed by atoms with Crippen LogP contribution in [-0.4, -0.2) is 5.91 Å². The maximum absolute atomic E-state index is 10.9. The summed E-state index contributed by atoms with van der Waals surface area (Å²) in [6.45, 7) is 10.1. The Balaban J connectivity index is 2.92. The normalized spacial score (nSPS) is 13.4. The number of hydrogen-bond acceptors (Lipinski definition) is 2. The van der Waals surface area contributed by atoms with Gasteiger partial charge in [0.2, 0.25) is 5.91 Å². The Labute approximate surface area is 139 Å². The molecule has 0 fully saturated rings. The molecular weight excluding hydrogens is 286 g/mol. The molecule has 23 heavy (non-hydrogen) atoms. The number of hydrogen-bond donors (Lipinski definition) is 1. The van der Waals surface area contributed by atoms with Crippen LogP contribution < -0.4 is 5.73 Å². The average molecular weight is 313 g/mol. The highest BCUT2D eigenvalue weighted by atomic mass is 16.3. The largest absolute Gasteiger partial charge is 0.466 e. The maximum Gasteiger partial charge on any atom is 0.241 e. The molecule has 0 radical (unpaired) electrons. The van der Waals surface area contributed by atoms with Gasteiger partial charge in [-0.1, -0.05) is 44.2 Å². The lowest BCUT2D eigenvalue weighted by Gasteiger charge is -1.97. The van der Waals surface area contributed by atoms with Gasteiger partial charge in [-0.25, -0.2) is 0 Å². The Kier molecular flexibility index (Phi) is 7.33. The van der Waals surface area contributed by atoms with E-state index in [1.54, 1.807) is 0 Å². The lowest BCUT2D eigenvalue weighted by atomic mass is 10.1. The van der Waals surface area contributed by atoms with Gasteiger partial charge in [-0.05, 0) is 50.3 Å². The SMILES string of the molecule is CCC(/C=C/c1c(C)oc(C)c1C)=C\C=C\C(=C\C(N)=O)CC. The highest BCUT2D eigenvalue weighted by molar-refractivity contribution is 5.87. The van der Waals surface area contributed by atoms with Gasteiger partial charge >= 0.3 is 0 Å². The zero-order valence-electron chi connectivity index (χ0n) is 14.8. The Morgan fingerprint density at radius 1 is 1.04 bits per heavy atom. The van der Waals surface area contributed by atoms with Crippen molar-refractivity contribution in [2.75, 3.05) is 0 Å². The van der Waals surface area contributed by atoms with Gasteiger partial charge < -0.3 is 10.2 Å². The predicted octanol–water partition coefficient (Wildman–Crippen LogP) is 4.93. The van der Waals surface area contributed by atoms with E-state index < -0.39 is 5.91 Å². The zero-order valence-corrected chi connectivity index (χ0v) is 14.8. The first-order valence-electron chi connectivity index (χ1n) is 8.00. The van der Waals surface area contributed by atoms with Crippen molar-refractivity contribution in [2.24, 2.45) is 5.73 Å². The van der Waals surface area contributed by atoms with Crippen LogP contribution >= 0.6 is 0 Å². The van der Waals surface area contributed by atoms with Crippen molar-refractivity contribution < 1.29 is 9.21 Å². The Bertz CT molecular complexity index is 670. The molecule has 0 unspecified atom stereocenters. The monoisotopic (exact) mass is 313 g/mol. The molecule has 0 spiro atoms. The smallest absolute Gasteiger partial charge is 0.241 e. The van der Waals surface area contributed by atoms with Gasteiger partial charge in [0, 0.05) is 11.6 Å². The number of primary amides is 1. The molecule has 0 aliphatic rings. The minimum Gasteiger partial charge on any atom is -0.466 e. The van der Waals surface area contributed by atoms with Crippen molar-refractivity contribution in [1.82, 2.24) is 0 Å². The van der Waals surface area contributed by atoms with Crippen molar-refractivity contribution in [1.29, 1.82) is 0 Å². The fourth-order valence-electron chi connectivity index (χ4n) is 2.28. The molecule has 1 aromatic rings. The summed E-state index contributed by atoms with van der Waals surface area (Å²) in [5, 5.41) is 0. The van der Waals surface area contributed by atoms with Gasteiger partial charge in [0.15, 0.2) is 0 Å². The minimum absolute atomic E-state index is 0.410. The first kappa shape index (κ1) is 18.8. The van der Waals surface area contributed by atoms with Crippen molar-refractivity contribution >= 4 is 12.0 Å².